The van der Waals surface area contributed by atoms with Crippen molar-refractivity contribution in [3.63, 3.8) is 0 Å². The molecule has 2 aromatic heterocycles. The number of rotatable bonds is 4. The van der Waals surface area contributed by atoms with Crippen LogP contribution in [-0.4, -0.2) is 17.0 Å². The molecular formula is C12H12BrN3S2. The number of hydrogen-bond donors (Lipinski definition) is 1. The van der Waals surface area contributed by atoms with E-state index in [4.69, 9.17) is 18.0 Å². The number of hydrogen-bond acceptors (Lipinski definition) is 4. The lowest BCUT2D eigenvalue weighted by Crippen LogP contribution is -2.19. The fraction of sp³-hybridized carbons (Fsp3) is 0.167. The first-order valence-electron chi connectivity index (χ1n) is 5.27. The molecule has 6 heteroatoms. The summed E-state index contributed by atoms with van der Waals surface area (Å²) >= 11 is 10.1. The minimum absolute atomic E-state index is 0.323. The molecule has 0 aliphatic heterocycles. The first-order valence-corrected chi connectivity index (χ1v) is 7.35. The monoisotopic (exact) mass is 341 g/mol. The third-order valence-electron chi connectivity index (χ3n) is 2.39. The van der Waals surface area contributed by atoms with Gasteiger partial charge in [0.2, 0.25) is 0 Å². The maximum absolute atomic E-state index is 5.58. The Hall–Kier alpha value is -0.980. The van der Waals surface area contributed by atoms with E-state index in [2.05, 4.69) is 37.3 Å². The summed E-state index contributed by atoms with van der Waals surface area (Å²) in [5, 5.41) is 2.07. The van der Waals surface area contributed by atoms with E-state index in [-0.39, 0.29) is 0 Å². The first kappa shape index (κ1) is 13.5. The van der Waals surface area contributed by atoms with Crippen LogP contribution in [0.25, 0.3) is 0 Å². The minimum atomic E-state index is 0.323. The highest BCUT2D eigenvalue weighted by molar-refractivity contribution is 9.10. The zero-order valence-corrected chi connectivity index (χ0v) is 13.0. The summed E-state index contributed by atoms with van der Waals surface area (Å²) in [7, 11) is 2.00. The van der Waals surface area contributed by atoms with Gasteiger partial charge in [0.05, 0.1) is 12.2 Å². The predicted molar refractivity (Wildman–Crippen MR) is 84.3 cm³/mol. The van der Waals surface area contributed by atoms with Gasteiger partial charge in [-0.1, -0.05) is 18.3 Å². The summed E-state index contributed by atoms with van der Waals surface area (Å²) in [5.74, 6) is 0.866. The van der Waals surface area contributed by atoms with Gasteiger partial charge in [0.1, 0.15) is 10.8 Å². The SMILES string of the molecule is CN(Cc1cc(Br)cs1)c1cccc(C(N)=S)n1. The summed E-state index contributed by atoms with van der Waals surface area (Å²) in [6.07, 6.45) is 0. The van der Waals surface area contributed by atoms with Crippen LogP contribution in [0.2, 0.25) is 0 Å². The van der Waals surface area contributed by atoms with Crippen LogP contribution in [0.15, 0.2) is 34.1 Å². The molecule has 0 aliphatic rings. The molecule has 0 amide bonds. The van der Waals surface area contributed by atoms with Crippen LogP contribution in [0.5, 0.6) is 0 Å². The molecular weight excluding hydrogens is 330 g/mol. The second kappa shape index (κ2) is 5.77. The Morgan fingerprint density at radius 3 is 2.94 bits per heavy atom. The highest BCUT2D eigenvalue weighted by Gasteiger charge is 2.07. The van der Waals surface area contributed by atoms with Crippen LogP contribution in [-0.2, 0) is 6.54 Å². The van der Waals surface area contributed by atoms with Crippen LogP contribution < -0.4 is 10.6 Å². The van der Waals surface area contributed by atoms with Crippen LogP contribution in [0.4, 0.5) is 5.82 Å². The molecule has 0 saturated heterocycles. The fourth-order valence-corrected chi connectivity index (χ4v) is 3.14. The number of nitrogens with two attached hydrogens (primary N) is 1. The standard InChI is InChI=1S/C12H12BrN3S2/c1-16(6-9-5-8(13)7-18-9)11-4-2-3-10(15-11)12(14)17/h2-5,7H,6H2,1H3,(H2,14,17). The van der Waals surface area contributed by atoms with E-state index in [9.17, 15) is 0 Å². The van der Waals surface area contributed by atoms with E-state index >= 15 is 0 Å². The van der Waals surface area contributed by atoms with Gasteiger partial charge >= 0.3 is 0 Å². The topological polar surface area (TPSA) is 42.1 Å². The van der Waals surface area contributed by atoms with Gasteiger partial charge in [0, 0.05) is 21.8 Å². The van der Waals surface area contributed by atoms with E-state index < -0.39 is 0 Å². The van der Waals surface area contributed by atoms with E-state index in [1.165, 1.54) is 4.88 Å². The average Bonchev–Trinajstić information content (AvgIpc) is 2.75. The molecule has 3 nitrogen and oxygen atoms in total. The lowest BCUT2D eigenvalue weighted by molar-refractivity contribution is 0.911. The Kier molecular flexibility index (Phi) is 4.31. The molecule has 0 aromatic carbocycles. The Labute approximate surface area is 124 Å². The van der Waals surface area contributed by atoms with Crippen molar-refractivity contribution in [3.05, 3.63) is 44.7 Å². The van der Waals surface area contributed by atoms with Gasteiger partial charge < -0.3 is 10.6 Å². The molecule has 0 unspecified atom stereocenters. The van der Waals surface area contributed by atoms with Gasteiger partial charge in [0.15, 0.2) is 0 Å². The molecule has 0 atom stereocenters. The van der Waals surface area contributed by atoms with Gasteiger partial charge in [-0.05, 0) is 34.1 Å². The summed E-state index contributed by atoms with van der Waals surface area (Å²) < 4.78 is 1.11. The Morgan fingerprint density at radius 2 is 2.33 bits per heavy atom. The largest absolute Gasteiger partial charge is 0.388 e. The second-order valence-corrected chi connectivity index (χ2v) is 6.18. The predicted octanol–water partition coefficient (Wildman–Crippen LogP) is 3.18. The van der Waals surface area contributed by atoms with Crippen LogP contribution >= 0.6 is 39.5 Å². The zero-order valence-electron chi connectivity index (χ0n) is 9.76. The van der Waals surface area contributed by atoms with E-state index in [0.29, 0.717) is 10.7 Å². The van der Waals surface area contributed by atoms with Gasteiger partial charge in [0.25, 0.3) is 0 Å². The molecule has 0 fully saturated rings. The number of anilines is 1. The quantitative estimate of drug-likeness (QED) is 0.867. The Balaban J connectivity index is 2.15. The smallest absolute Gasteiger partial charge is 0.129 e. The first-order chi connectivity index (χ1) is 8.56. The molecule has 2 N–H and O–H groups in total. The Morgan fingerprint density at radius 1 is 1.56 bits per heavy atom. The molecule has 0 saturated carbocycles. The Bertz CT molecular complexity index is 568. The number of thiophene rings is 1. The number of thiocarbonyl (C=S) groups is 1. The third-order valence-corrected chi connectivity index (χ3v) is 4.28. The normalized spacial score (nSPS) is 10.3. The summed E-state index contributed by atoms with van der Waals surface area (Å²) in [5.41, 5.74) is 6.24. The zero-order chi connectivity index (χ0) is 13.1. The number of halogens is 1. The van der Waals surface area contributed by atoms with Gasteiger partial charge in [-0.2, -0.15) is 0 Å². The van der Waals surface area contributed by atoms with E-state index in [1.807, 2.05) is 25.2 Å². The van der Waals surface area contributed by atoms with Crippen molar-refractivity contribution >= 4 is 50.3 Å². The number of pyridine rings is 1. The van der Waals surface area contributed by atoms with Crippen molar-refractivity contribution < 1.29 is 0 Å². The number of nitrogens with zero attached hydrogens (tertiary/aromatic N) is 2. The van der Waals surface area contributed by atoms with Crippen molar-refractivity contribution in [3.8, 4) is 0 Å². The molecule has 94 valence electrons. The fourth-order valence-electron chi connectivity index (χ4n) is 1.52. The summed E-state index contributed by atoms with van der Waals surface area (Å²) in [6.45, 7) is 0.810. The minimum Gasteiger partial charge on any atom is -0.388 e. The second-order valence-electron chi connectivity index (χ2n) is 3.83. The molecule has 2 rings (SSSR count). The van der Waals surface area contributed by atoms with Crippen LogP contribution in [0.3, 0.4) is 0 Å². The summed E-state index contributed by atoms with van der Waals surface area (Å²) in [6, 6.07) is 7.79. The third kappa shape index (κ3) is 3.28. The average molecular weight is 342 g/mol. The van der Waals surface area contributed by atoms with Gasteiger partial charge in [-0.15, -0.1) is 11.3 Å². The lowest BCUT2D eigenvalue weighted by Gasteiger charge is -2.17. The van der Waals surface area contributed by atoms with Gasteiger partial charge in [-0.25, -0.2) is 4.98 Å². The molecule has 2 heterocycles. The van der Waals surface area contributed by atoms with Crippen molar-refractivity contribution in [1.29, 1.82) is 0 Å². The highest BCUT2D eigenvalue weighted by Crippen LogP contribution is 2.22. The van der Waals surface area contributed by atoms with Crippen molar-refractivity contribution in [2.45, 2.75) is 6.54 Å². The molecule has 0 aliphatic carbocycles. The van der Waals surface area contributed by atoms with E-state index in [1.54, 1.807) is 11.3 Å². The van der Waals surface area contributed by atoms with Crippen LogP contribution in [0.1, 0.15) is 10.6 Å². The highest BCUT2D eigenvalue weighted by atomic mass is 79.9. The van der Waals surface area contributed by atoms with Crippen molar-refractivity contribution in [1.82, 2.24) is 4.98 Å². The molecule has 0 bridgehead atoms. The van der Waals surface area contributed by atoms with Crippen molar-refractivity contribution in [2.75, 3.05) is 11.9 Å². The summed E-state index contributed by atoms with van der Waals surface area (Å²) in [4.78, 5) is 8.09. The van der Waals surface area contributed by atoms with E-state index in [0.717, 1.165) is 16.8 Å². The molecule has 2 aromatic rings. The van der Waals surface area contributed by atoms with Gasteiger partial charge in [-0.3, -0.25) is 0 Å². The number of aromatic nitrogens is 1. The maximum atomic E-state index is 5.58. The van der Waals surface area contributed by atoms with Crippen molar-refractivity contribution in [2.24, 2.45) is 5.73 Å². The lowest BCUT2D eigenvalue weighted by atomic mass is 10.3. The molecule has 0 spiro atoms. The maximum Gasteiger partial charge on any atom is 0.129 e. The molecule has 18 heavy (non-hydrogen) atoms. The molecule has 0 radical (unpaired) electrons. The van der Waals surface area contributed by atoms with Crippen LogP contribution in [0, 0.1) is 0 Å².